The monoisotopic (exact) mass is 374 g/mol. The standard InChI is InChI=1S/C19H23BrN2O/c20-16-10-8-15(9-11-16)18(22-12-4-5-13-22)14-19(23)21-17-6-2-1-3-7-17/h4-5,8-13,17-18H,1-3,6-7,14H2,(H,21,23)/t18-/m0/s1. The van der Waals surface area contributed by atoms with Crippen LogP contribution in [-0.2, 0) is 4.79 Å². The molecule has 1 fully saturated rings. The van der Waals surface area contributed by atoms with Gasteiger partial charge >= 0.3 is 0 Å². The van der Waals surface area contributed by atoms with Gasteiger partial charge in [0.05, 0.1) is 12.5 Å². The number of carbonyl (C=O) groups excluding carboxylic acids is 1. The van der Waals surface area contributed by atoms with Crippen LogP contribution in [0.15, 0.2) is 53.3 Å². The number of amides is 1. The van der Waals surface area contributed by atoms with Gasteiger partial charge in [-0.15, -0.1) is 0 Å². The molecule has 0 radical (unpaired) electrons. The number of hydrogen-bond acceptors (Lipinski definition) is 1. The van der Waals surface area contributed by atoms with Gasteiger partial charge in [0.2, 0.25) is 5.91 Å². The Kier molecular flexibility index (Phi) is 5.55. The van der Waals surface area contributed by atoms with Gasteiger partial charge < -0.3 is 9.88 Å². The molecule has 1 N–H and O–H groups in total. The summed E-state index contributed by atoms with van der Waals surface area (Å²) in [5, 5.41) is 3.23. The van der Waals surface area contributed by atoms with Gasteiger partial charge in [0, 0.05) is 22.9 Å². The maximum absolute atomic E-state index is 12.5. The number of aromatic nitrogens is 1. The third kappa shape index (κ3) is 4.47. The Labute approximate surface area is 146 Å². The zero-order valence-electron chi connectivity index (χ0n) is 13.2. The van der Waals surface area contributed by atoms with Crippen molar-refractivity contribution in [1.82, 2.24) is 9.88 Å². The number of hydrogen-bond donors (Lipinski definition) is 1. The molecule has 3 rings (SSSR count). The number of carbonyl (C=O) groups is 1. The SMILES string of the molecule is O=C(C[C@@H](c1ccc(Br)cc1)n1cccc1)NC1CCCCC1. The van der Waals surface area contributed by atoms with Crippen molar-refractivity contribution in [1.29, 1.82) is 0 Å². The summed E-state index contributed by atoms with van der Waals surface area (Å²) < 4.78 is 3.17. The predicted molar refractivity (Wildman–Crippen MR) is 96.3 cm³/mol. The zero-order valence-corrected chi connectivity index (χ0v) is 14.8. The molecule has 0 aliphatic heterocycles. The van der Waals surface area contributed by atoms with Gasteiger partial charge in [-0.2, -0.15) is 0 Å². The van der Waals surface area contributed by atoms with E-state index in [-0.39, 0.29) is 11.9 Å². The molecule has 23 heavy (non-hydrogen) atoms. The fourth-order valence-electron chi connectivity index (χ4n) is 3.35. The van der Waals surface area contributed by atoms with Crippen LogP contribution in [0.1, 0.15) is 50.1 Å². The molecule has 1 aliphatic rings. The first-order chi connectivity index (χ1) is 11.2. The minimum absolute atomic E-state index is 0.0432. The van der Waals surface area contributed by atoms with Gasteiger partial charge in [0.1, 0.15) is 0 Å². The van der Waals surface area contributed by atoms with Crippen molar-refractivity contribution in [3.63, 3.8) is 0 Å². The molecule has 1 aromatic heterocycles. The summed E-state index contributed by atoms with van der Waals surface area (Å²) in [6.45, 7) is 0. The average molecular weight is 375 g/mol. The smallest absolute Gasteiger partial charge is 0.222 e. The van der Waals surface area contributed by atoms with Gasteiger partial charge in [0.15, 0.2) is 0 Å². The lowest BCUT2D eigenvalue weighted by atomic mass is 9.95. The van der Waals surface area contributed by atoms with Crippen LogP contribution in [0.25, 0.3) is 0 Å². The molecule has 1 aromatic carbocycles. The quantitative estimate of drug-likeness (QED) is 0.809. The van der Waals surface area contributed by atoms with E-state index < -0.39 is 0 Å². The number of nitrogens with zero attached hydrogens (tertiary/aromatic N) is 1. The van der Waals surface area contributed by atoms with Crippen molar-refractivity contribution < 1.29 is 4.79 Å². The van der Waals surface area contributed by atoms with Crippen LogP contribution in [0.2, 0.25) is 0 Å². The van der Waals surface area contributed by atoms with Crippen molar-refractivity contribution in [2.24, 2.45) is 0 Å². The van der Waals surface area contributed by atoms with E-state index in [1.165, 1.54) is 19.3 Å². The van der Waals surface area contributed by atoms with Crippen molar-refractivity contribution in [3.05, 3.63) is 58.8 Å². The molecule has 1 aliphatic carbocycles. The van der Waals surface area contributed by atoms with Crippen molar-refractivity contribution >= 4 is 21.8 Å². The average Bonchev–Trinajstić information content (AvgIpc) is 3.09. The molecule has 3 nitrogen and oxygen atoms in total. The Bertz CT molecular complexity index is 615. The summed E-state index contributed by atoms with van der Waals surface area (Å²) >= 11 is 3.47. The van der Waals surface area contributed by atoms with Crippen LogP contribution in [0.5, 0.6) is 0 Å². The van der Waals surface area contributed by atoms with E-state index in [4.69, 9.17) is 0 Å². The highest BCUT2D eigenvalue weighted by molar-refractivity contribution is 9.10. The van der Waals surface area contributed by atoms with Crippen LogP contribution >= 0.6 is 15.9 Å². The number of benzene rings is 1. The van der Waals surface area contributed by atoms with Crippen molar-refractivity contribution in [3.8, 4) is 0 Å². The Balaban J connectivity index is 1.71. The molecule has 122 valence electrons. The summed E-state index contributed by atoms with van der Waals surface area (Å²) in [6.07, 6.45) is 10.6. The zero-order chi connectivity index (χ0) is 16.1. The molecule has 2 aromatic rings. The molecule has 1 amide bonds. The first-order valence-corrected chi connectivity index (χ1v) is 9.19. The summed E-state index contributed by atoms with van der Waals surface area (Å²) in [5.41, 5.74) is 1.16. The van der Waals surface area contributed by atoms with Crippen LogP contribution in [0, 0.1) is 0 Å². The topological polar surface area (TPSA) is 34.0 Å². The van der Waals surface area contributed by atoms with E-state index in [0.717, 1.165) is 22.9 Å². The van der Waals surface area contributed by atoms with Crippen molar-refractivity contribution in [2.45, 2.75) is 50.6 Å². The molecule has 0 saturated heterocycles. The third-order valence-corrected chi connectivity index (χ3v) is 5.12. The molecule has 0 spiro atoms. The second-order valence-corrected chi connectivity index (χ2v) is 7.22. The summed E-state index contributed by atoms with van der Waals surface area (Å²) in [7, 11) is 0. The largest absolute Gasteiger partial charge is 0.353 e. The molecule has 0 bridgehead atoms. The fraction of sp³-hybridized carbons (Fsp3) is 0.421. The predicted octanol–water partition coefficient (Wildman–Crippen LogP) is 4.68. The van der Waals surface area contributed by atoms with Gasteiger partial charge in [0.25, 0.3) is 0 Å². The molecule has 1 atom stereocenters. The van der Waals surface area contributed by atoms with Gasteiger partial charge in [-0.3, -0.25) is 4.79 Å². The first kappa shape index (κ1) is 16.3. The van der Waals surface area contributed by atoms with Crippen LogP contribution in [0.3, 0.4) is 0 Å². The molecule has 0 unspecified atom stereocenters. The van der Waals surface area contributed by atoms with Crippen LogP contribution in [0.4, 0.5) is 0 Å². The molecule has 4 heteroatoms. The second kappa shape index (κ2) is 7.82. The Morgan fingerprint density at radius 3 is 2.43 bits per heavy atom. The molecule has 1 heterocycles. The lowest BCUT2D eigenvalue weighted by molar-refractivity contribution is -0.122. The summed E-state index contributed by atoms with van der Waals surface area (Å²) in [4.78, 5) is 12.5. The highest BCUT2D eigenvalue weighted by Crippen LogP contribution is 2.25. The van der Waals surface area contributed by atoms with Crippen molar-refractivity contribution in [2.75, 3.05) is 0 Å². The molecular formula is C19H23BrN2O. The molecular weight excluding hydrogens is 352 g/mol. The van der Waals surface area contributed by atoms with Crippen LogP contribution < -0.4 is 5.32 Å². The summed E-state index contributed by atoms with van der Waals surface area (Å²) in [6, 6.07) is 12.7. The normalized spacial score (nSPS) is 16.9. The number of nitrogens with one attached hydrogen (secondary N) is 1. The van der Waals surface area contributed by atoms with Gasteiger partial charge in [-0.25, -0.2) is 0 Å². The highest BCUT2D eigenvalue weighted by atomic mass is 79.9. The van der Waals surface area contributed by atoms with Gasteiger partial charge in [-0.05, 0) is 42.7 Å². The summed E-state index contributed by atoms with van der Waals surface area (Å²) in [5.74, 6) is 0.151. The maximum atomic E-state index is 12.5. The Hall–Kier alpha value is -1.55. The van der Waals surface area contributed by atoms with Crippen LogP contribution in [-0.4, -0.2) is 16.5 Å². The fourth-order valence-corrected chi connectivity index (χ4v) is 3.61. The Morgan fingerprint density at radius 2 is 1.78 bits per heavy atom. The van der Waals surface area contributed by atoms with Gasteiger partial charge in [-0.1, -0.05) is 47.3 Å². The minimum Gasteiger partial charge on any atom is -0.353 e. The number of rotatable bonds is 5. The second-order valence-electron chi connectivity index (χ2n) is 6.30. The third-order valence-electron chi connectivity index (χ3n) is 4.59. The lowest BCUT2D eigenvalue weighted by Gasteiger charge is -2.25. The van der Waals surface area contributed by atoms with E-state index in [1.54, 1.807) is 0 Å². The lowest BCUT2D eigenvalue weighted by Crippen LogP contribution is -2.37. The first-order valence-electron chi connectivity index (χ1n) is 8.39. The maximum Gasteiger partial charge on any atom is 0.222 e. The van der Waals surface area contributed by atoms with E-state index in [1.807, 2.05) is 36.7 Å². The minimum atomic E-state index is 0.0432. The van der Waals surface area contributed by atoms with E-state index >= 15 is 0 Å². The molecule has 1 saturated carbocycles. The highest BCUT2D eigenvalue weighted by Gasteiger charge is 2.20. The Morgan fingerprint density at radius 1 is 1.13 bits per heavy atom. The van der Waals surface area contributed by atoms with E-state index in [0.29, 0.717) is 12.5 Å². The van der Waals surface area contributed by atoms with E-state index in [9.17, 15) is 4.79 Å². The van der Waals surface area contributed by atoms with E-state index in [2.05, 4.69) is 37.9 Å². The number of halogens is 1.